The fourth-order valence-electron chi connectivity index (χ4n) is 2.66. The van der Waals surface area contributed by atoms with Crippen LogP contribution in [0.1, 0.15) is 5.56 Å². The fraction of sp³-hybridized carbons (Fsp3) is 0.118. The Balaban J connectivity index is 1.87. The van der Waals surface area contributed by atoms with E-state index in [0.717, 1.165) is 0 Å². The van der Waals surface area contributed by atoms with E-state index in [4.69, 9.17) is 11.6 Å². The van der Waals surface area contributed by atoms with E-state index in [2.05, 4.69) is 10.1 Å². The van der Waals surface area contributed by atoms with Gasteiger partial charge in [0.05, 0.1) is 5.75 Å². The first-order chi connectivity index (χ1) is 12.0. The van der Waals surface area contributed by atoms with Crippen molar-refractivity contribution < 1.29 is 10.2 Å². The molecule has 0 saturated carbocycles. The molecule has 2 N–H and O–H groups in total. The van der Waals surface area contributed by atoms with Crippen LogP contribution in [0.4, 0.5) is 0 Å². The van der Waals surface area contributed by atoms with Crippen molar-refractivity contribution in [3.05, 3.63) is 69.5 Å². The summed E-state index contributed by atoms with van der Waals surface area (Å²) in [7, 11) is 0. The summed E-state index contributed by atoms with van der Waals surface area (Å²) >= 11 is 7.18. The number of thioether (sulfide) groups is 1. The van der Waals surface area contributed by atoms with Crippen molar-refractivity contribution in [1.29, 1.82) is 0 Å². The van der Waals surface area contributed by atoms with Gasteiger partial charge in [-0.05, 0) is 36.4 Å². The van der Waals surface area contributed by atoms with Crippen LogP contribution in [0.2, 0.25) is 5.02 Å². The summed E-state index contributed by atoms with van der Waals surface area (Å²) in [6.45, 7) is 0. The maximum atomic E-state index is 12.3. The maximum Gasteiger partial charge on any atom is 0.300 e. The lowest BCUT2D eigenvalue weighted by molar-refractivity contribution is 0.0125. The van der Waals surface area contributed by atoms with Crippen molar-refractivity contribution in [2.45, 2.75) is 10.9 Å². The van der Waals surface area contributed by atoms with E-state index in [1.807, 2.05) is 0 Å². The standard InChI is InChI=1S/C17H12ClN3O3S/c18-12-5-3-11(4-6-12)17(24)9-25-16-19-15(23)14(20-21(16)17)10-1-7-13(22)8-2-10/h1-8,22,24H,9H2/t17-/m1/s1. The zero-order chi connectivity index (χ0) is 17.6. The fourth-order valence-corrected chi connectivity index (χ4v) is 3.86. The molecule has 0 fully saturated rings. The van der Waals surface area contributed by atoms with Crippen LogP contribution < -0.4 is 5.56 Å². The molecule has 0 spiro atoms. The number of aliphatic hydroxyl groups is 1. The number of aromatic hydroxyl groups is 1. The average molecular weight is 374 g/mol. The molecule has 6 nitrogen and oxygen atoms in total. The normalized spacial score (nSPS) is 19.0. The molecule has 0 bridgehead atoms. The van der Waals surface area contributed by atoms with Gasteiger partial charge in [0.1, 0.15) is 5.75 Å². The second-order valence-corrected chi connectivity index (χ2v) is 7.00. The van der Waals surface area contributed by atoms with Crippen LogP contribution in [-0.2, 0) is 5.72 Å². The molecular weight excluding hydrogens is 362 g/mol. The maximum absolute atomic E-state index is 12.3. The van der Waals surface area contributed by atoms with E-state index in [1.165, 1.54) is 28.6 Å². The van der Waals surface area contributed by atoms with Crippen molar-refractivity contribution in [3.63, 3.8) is 0 Å². The Labute approximate surface area is 151 Å². The molecule has 0 radical (unpaired) electrons. The number of rotatable bonds is 2. The van der Waals surface area contributed by atoms with E-state index in [9.17, 15) is 15.0 Å². The van der Waals surface area contributed by atoms with Gasteiger partial charge in [-0.1, -0.05) is 35.5 Å². The molecule has 126 valence electrons. The lowest BCUT2D eigenvalue weighted by atomic mass is 10.1. The second kappa shape index (κ2) is 5.87. The van der Waals surface area contributed by atoms with Crippen LogP contribution in [0.3, 0.4) is 0 Å². The van der Waals surface area contributed by atoms with E-state index in [1.54, 1.807) is 36.4 Å². The molecular formula is C17H12ClN3O3S. The zero-order valence-electron chi connectivity index (χ0n) is 12.8. The van der Waals surface area contributed by atoms with E-state index in [-0.39, 0.29) is 17.2 Å². The molecule has 3 aromatic rings. The Kier molecular flexibility index (Phi) is 3.79. The number of phenolic OH excluding ortho intramolecular Hbond substituents is 1. The summed E-state index contributed by atoms with van der Waals surface area (Å²) in [5.41, 5.74) is -0.668. The molecule has 8 heteroatoms. The molecule has 0 aliphatic carbocycles. The molecule has 4 rings (SSSR count). The first-order valence-corrected chi connectivity index (χ1v) is 8.76. The summed E-state index contributed by atoms with van der Waals surface area (Å²) in [6.07, 6.45) is 0. The average Bonchev–Trinajstić information content (AvgIpc) is 2.93. The Morgan fingerprint density at radius 1 is 1.12 bits per heavy atom. The van der Waals surface area contributed by atoms with Crippen molar-refractivity contribution >= 4 is 23.4 Å². The molecule has 25 heavy (non-hydrogen) atoms. The van der Waals surface area contributed by atoms with E-state index >= 15 is 0 Å². The van der Waals surface area contributed by atoms with Gasteiger partial charge >= 0.3 is 5.56 Å². The largest absolute Gasteiger partial charge is 0.508 e. The monoisotopic (exact) mass is 373 g/mol. The number of hydrogen-bond acceptors (Lipinski definition) is 6. The van der Waals surface area contributed by atoms with Gasteiger partial charge in [-0.3, -0.25) is 4.79 Å². The highest BCUT2D eigenvalue weighted by Gasteiger charge is 2.41. The molecule has 1 aliphatic rings. The van der Waals surface area contributed by atoms with Gasteiger partial charge in [0.25, 0.3) is 0 Å². The van der Waals surface area contributed by atoms with Gasteiger partial charge in [0.2, 0.25) is 0 Å². The number of nitrogens with zero attached hydrogens (tertiary/aromatic N) is 3. The molecule has 1 atom stereocenters. The predicted molar refractivity (Wildman–Crippen MR) is 94.9 cm³/mol. The topological polar surface area (TPSA) is 88.2 Å². The molecule has 0 unspecified atom stereocenters. The Hall–Kier alpha value is -2.35. The predicted octanol–water partition coefficient (Wildman–Crippen LogP) is 2.46. The second-order valence-electron chi connectivity index (χ2n) is 5.62. The van der Waals surface area contributed by atoms with Gasteiger partial charge in [-0.25, -0.2) is 4.68 Å². The SMILES string of the molecule is O=c1nc2n(nc1-c1ccc(O)cc1)[C@](O)(c1ccc(Cl)cc1)CS2. The minimum Gasteiger partial charge on any atom is -0.508 e. The van der Waals surface area contributed by atoms with Crippen LogP contribution in [0.15, 0.2) is 58.5 Å². The quantitative estimate of drug-likeness (QED) is 0.717. The van der Waals surface area contributed by atoms with Crippen LogP contribution in [-0.4, -0.2) is 30.7 Å². The third-order valence-corrected chi connectivity index (χ3v) is 5.30. The first kappa shape index (κ1) is 16.1. The smallest absolute Gasteiger partial charge is 0.300 e. The van der Waals surface area contributed by atoms with Gasteiger partial charge in [-0.15, -0.1) is 0 Å². The number of benzene rings is 2. The molecule has 0 saturated heterocycles. The molecule has 1 aromatic heterocycles. The number of fused-ring (bicyclic) bond motifs is 1. The molecule has 0 amide bonds. The minimum absolute atomic E-state index is 0.0891. The summed E-state index contributed by atoms with van der Waals surface area (Å²) in [4.78, 5) is 16.3. The van der Waals surface area contributed by atoms with Crippen molar-refractivity contribution in [3.8, 4) is 17.0 Å². The summed E-state index contributed by atoms with van der Waals surface area (Å²) in [5, 5.41) is 25.9. The van der Waals surface area contributed by atoms with Crippen LogP contribution in [0.5, 0.6) is 5.75 Å². The van der Waals surface area contributed by atoms with Crippen LogP contribution >= 0.6 is 23.4 Å². The molecule has 1 aliphatic heterocycles. The number of phenols is 1. The van der Waals surface area contributed by atoms with Crippen LogP contribution in [0, 0.1) is 0 Å². The summed E-state index contributed by atoms with van der Waals surface area (Å²) < 4.78 is 1.37. The number of halogens is 1. The molecule has 2 aromatic carbocycles. The molecule has 2 heterocycles. The van der Waals surface area contributed by atoms with Crippen molar-refractivity contribution in [1.82, 2.24) is 14.8 Å². The minimum atomic E-state index is -1.42. The van der Waals surface area contributed by atoms with Crippen molar-refractivity contribution in [2.75, 3.05) is 5.75 Å². The van der Waals surface area contributed by atoms with E-state index in [0.29, 0.717) is 21.3 Å². The van der Waals surface area contributed by atoms with Gasteiger partial charge < -0.3 is 10.2 Å². The number of hydrogen-bond donors (Lipinski definition) is 2. The third kappa shape index (κ3) is 2.70. The third-order valence-electron chi connectivity index (χ3n) is 3.98. The summed E-state index contributed by atoms with van der Waals surface area (Å²) in [6, 6.07) is 12.9. The Morgan fingerprint density at radius 3 is 2.48 bits per heavy atom. The van der Waals surface area contributed by atoms with Gasteiger partial charge in [-0.2, -0.15) is 10.1 Å². The van der Waals surface area contributed by atoms with Gasteiger partial charge in [0, 0.05) is 16.1 Å². The lowest BCUT2D eigenvalue weighted by Crippen LogP contribution is -2.37. The highest BCUT2D eigenvalue weighted by molar-refractivity contribution is 7.99. The zero-order valence-corrected chi connectivity index (χ0v) is 14.3. The van der Waals surface area contributed by atoms with Crippen LogP contribution in [0.25, 0.3) is 11.3 Å². The Bertz CT molecular complexity index is 1010. The first-order valence-electron chi connectivity index (χ1n) is 7.40. The highest BCUT2D eigenvalue weighted by atomic mass is 35.5. The summed E-state index contributed by atoms with van der Waals surface area (Å²) in [5.74, 6) is 0.374. The highest BCUT2D eigenvalue weighted by Crippen LogP contribution is 2.38. The Morgan fingerprint density at radius 2 is 1.80 bits per heavy atom. The van der Waals surface area contributed by atoms with E-state index < -0.39 is 11.3 Å². The van der Waals surface area contributed by atoms with Crippen molar-refractivity contribution in [2.24, 2.45) is 0 Å². The lowest BCUT2D eigenvalue weighted by Gasteiger charge is -2.24. The number of aromatic nitrogens is 3. The van der Waals surface area contributed by atoms with Gasteiger partial charge in [0.15, 0.2) is 16.6 Å².